The number of halogens is 1. The van der Waals surface area contributed by atoms with Crippen molar-refractivity contribution in [2.24, 2.45) is 5.92 Å². The maximum absolute atomic E-state index is 5.80. The maximum atomic E-state index is 5.80. The summed E-state index contributed by atoms with van der Waals surface area (Å²) in [6, 6.07) is 1.95. The van der Waals surface area contributed by atoms with Gasteiger partial charge in [0.25, 0.3) is 0 Å². The van der Waals surface area contributed by atoms with Crippen molar-refractivity contribution in [2.45, 2.75) is 19.3 Å². The molecule has 0 radical (unpaired) electrons. The second-order valence-corrected chi connectivity index (χ2v) is 4.16. The Balaban J connectivity index is 2.27. The molecule has 0 saturated carbocycles. The zero-order valence-corrected chi connectivity index (χ0v) is 8.69. The molecule has 0 spiro atoms. The first-order valence-corrected chi connectivity index (χ1v) is 5.03. The van der Waals surface area contributed by atoms with Crippen molar-refractivity contribution in [3.63, 3.8) is 0 Å². The Morgan fingerprint density at radius 3 is 3.15 bits per heavy atom. The summed E-state index contributed by atoms with van der Waals surface area (Å²) < 4.78 is 5.49. The second kappa shape index (κ2) is 3.35. The highest BCUT2D eigenvalue weighted by Crippen LogP contribution is 2.40. The average Bonchev–Trinajstić information content (AvgIpc) is 2.52. The van der Waals surface area contributed by atoms with Gasteiger partial charge in [-0.05, 0) is 42.6 Å². The third kappa shape index (κ3) is 1.49. The largest absolute Gasteiger partial charge is 0.449 e. The zero-order chi connectivity index (χ0) is 9.42. The Morgan fingerprint density at radius 1 is 1.69 bits per heavy atom. The van der Waals surface area contributed by atoms with E-state index in [2.05, 4.69) is 12.2 Å². The van der Waals surface area contributed by atoms with Crippen LogP contribution < -0.4 is 5.32 Å². The molecule has 1 aromatic heterocycles. The van der Waals surface area contributed by atoms with Gasteiger partial charge in [-0.1, -0.05) is 6.92 Å². The molecule has 0 aromatic carbocycles. The fraction of sp³-hybridized carbons (Fsp3) is 0.600. The molecule has 2 rings (SSSR count). The van der Waals surface area contributed by atoms with Crippen LogP contribution in [0.3, 0.4) is 0 Å². The van der Waals surface area contributed by atoms with Crippen LogP contribution in [-0.2, 0) is 6.42 Å². The van der Waals surface area contributed by atoms with E-state index in [1.54, 1.807) is 0 Å². The van der Waals surface area contributed by atoms with Crippen LogP contribution >= 0.6 is 11.6 Å². The Labute approximate surface area is 83.3 Å². The molecule has 0 saturated heterocycles. The number of fused-ring (bicyclic) bond motifs is 1. The molecule has 1 aliphatic rings. The minimum atomic E-state index is 0.493. The van der Waals surface area contributed by atoms with Crippen molar-refractivity contribution in [3.05, 3.63) is 22.6 Å². The molecule has 2 unspecified atom stereocenters. The molecule has 0 fully saturated rings. The quantitative estimate of drug-likeness (QED) is 0.792. The van der Waals surface area contributed by atoms with Crippen LogP contribution in [-0.4, -0.2) is 13.6 Å². The van der Waals surface area contributed by atoms with E-state index < -0.39 is 0 Å². The summed E-state index contributed by atoms with van der Waals surface area (Å²) in [6.07, 6.45) is 1.10. The number of hydrogen-bond donors (Lipinski definition) is 1. The van der Waals surface area contributed by atoms with Crippen molar-refractivity contribution < 1.29 is 4.42 Å². The van der Waals surface area contributed by atoms with Gasteiger partial charge in [0.1, 0.15) is 5.76 Å². The predicted octanol–water partition coefficient (Wildman–Crippen LogP) is 2.43. The fourth-order valence-corrected chi connectivity index (χ4v) is 2.36. The number of rotatable bonds is 2. The van der Waals surface area contributed by atoms with Crippen LogP contribution in [0.15, 0.2) is 10.5 Å². The third-order valence-corrected chi connectivity index (χ3v) is 2.99. The Hall–Kier alpha value is -0.470. The lowest BCUT2D eigenvalue weighted by molar-refractivity contribution is 0.402. The fourth-order valence-electron chi connectivity index (χ4n) is 2.14. The Bertz CT molecular complexity index is 308. The molecular formula is C10H14ClNO. The van der Waals surface area contributed by atoms with Crippen molar-refractivity contribution in [1.82, 2.24) is 5.32 Å². The van der Waals surface area contributed by atoms with Gasteiger partial charge >= 0.3 is 0 Å². The van der Waals surface area contributed by atoms with Crippen LogP contribution in [0.25, 0.3) is 0 Å². The van der Waals surface area contributed by atoms with Gasteiger partial charge in [0.05, 0.1) is 0 Å². The summed E-state index contributed by atoms with van der Waals surface area (Å²) in [4.78, 5) is 0. The summed E-state index contributed by atoms with van der Waals surface area (Å²) in [6.45, 7) is 3.23. The first kappa shape index (κ1) is 9.10. The average molecular weight is 200 g/mol. The third-order valence-electron chi connectivity index (χ3n) is 2.80. The van der Waals surface area contributed by atoms with E-state index in [1.165, 1.54) is 5.56 Å². The molecular weight excluding hydrogens is 186 g/mol. The highest BCUT2D eigenvalue weighted by atomic mass is 35.5. The monoisotopic (exact) mass is 199 g/mol. The minimum Gasteiger partial charge on any atom is -0.449 e. The molecule has 2 atom stereocenters. The van der Waals surface area contributed by atoms with E-state index in [4.69, 9.17) is 16.0 Å². The molecule has 0 aliphatic heterocycles. The molecule has 1 N–H and O–H groups in total. The van der Waals surface area contributed by atoms with Gasteiger partial charge in [-0.15, -0.1) is 0 Å². The van der Waals surface area contributed by atoms with Crippen molar-refractivity contribution >= 4 is 11.6 Å². The van der Waals surface area contributed by atoms with Gasteiger partial charge in [-0.2, -0.15) is 0 Å². The smallest absolute Gasteiger partial charge is 0.193 e. The number of furan rings is 1. The van der Waals surface area contributed by atoms with E-state index in [0.29, 0.717) is 17.1 Å². The number of likely N-dealkylation sites (N-methyl/N-ethyl adjacent to an activating group) is 1. The standard InChI is InChI=1S/C10H14ClNO/c1-6-3-7-4-9(11)13-10(7)8(6)5-12-2/h4,6,8,12H,3,5H2,1-2H3. The summed E-state index contributed by atoms with van der Waals surface area (Å²) in [5.41, 5.74) is 1.29. The van der Waals surface area contributed by atoms with Crippen molar-refractivity contribution in [2.75, 3.05) is 13.6 Å². The van der Waals surface area contributed by atoms with Gasteiger partial charge in [0.15, 0.2) is 5.22 Å². The van der Waals surface area contributed by atoms with Crippen molar-refractivity contribution in [3.8, 4) is 0 Å². The molecule has 0 amide bonds. The van der Waals surface area contributed by atoms with Crippen LogP contribution in [0.5, 0.6) is 0 Å². The zero-order valence-electron chi connectivity index (χ0n) is 7.93. The predicted molar refractivity (Wildman–Crippen MR) is 53.3 cm³/mol. The molecule has 1 heterocycles. The first-order valence-electron chi connectivity index (χ1n) is 4.65. The highest BCUT2D eigenvalue weighted by molar-refractivity contribution is 6.28. The number of nitrogens with one attached hydrogen (secondary N) is 1. The van der Waals surface area contributed by atoms with Gasteiger partial charge in [-0.3, -0.25) is 0 Å². The van der Waals surface area contributed by atoms with E-state index in [-0.39, 0.29) is 0 Å². The van der Waals surface area contributed by atoms with E-state index >= 15 is 0 Å². The van der Waals surface area contributed by atoms with Crippen LogP contribution in [0.2, 0.25) is 5.22 Å². The van der Waals surface area contributed by atoms with Gasteiger partial charge in [-0.25, -0.2) is 0 Å². The van der Waals surface area contributed by atoms with E-state index in [1.807, 2.05) is 13.1 Å². The lowest BCUT2D eigenvalue weighted by Gasteiger charge is -2.13. The Morgan fingerprint density at radius 2 is 2.46 bits per heavy atom. The summed E-state index contributed by atoms with van der Waals surface area (Å²) in [5, 5.41) is 3.71. The van der Waals surface area contributed by atoms with Crippen LogP contribution in [0.1, 0.15) is 24.2 Å². The summed E-state index contributed by atoms with van der Waals surface area (Å²) in [7, 11) is 1.97. The molecule has 13 heavy (non-hydrogen) atoms. The molecule has 2 nitrogen and oxygen atoms in total. The Kier molecular flexibility index (Phi) is 2.35. The van der Waals surface area contributed by atoms with E-state index in [9.17, 15) is 0 Å². The van der Waals surface area contributed by atoms with Crippen molar-refractivity contribution in [1.29, 1.82) is 0 Å². The second-order valence-electron chi connectivity index (χ2n) is 3.79. The maximum Gasteiger partial charge on any atom is 0.193 e. The van der Waals surface area contributed by atoms with Crippen LogP contribution in [0.4, 0.5) is 0 Å². The summed E-state index contributed by atoms with van der Waals surface area (Å²) >= 11 is 5.80. The topological polar surface area (TPSA) is 25.2 Å². The SMILES string of the molecule is CNCC1c2oc(Cl)cc2CC1C. The molecule has 1 aromatic rings. The lowest BCUT2D eigenvalue weighted by Crippen LogP contribution is -2.19. The molecule has 3 heteroatoms. The minimum absolute atomic E-state index is 0.493. The molecule has 0 bridgehead atoms. The van der Waals surface area contributed by atoms with Crippen LogP contribution in [0, 0.1) is 5.92 Å². The normalized spacial score (nSPS) is 26.4. The molecule has 72 valence electrons. The first-order chi connectivity index (χ1) is 6.22. The number of hydrogen-bond acceptors (Lipinski definition) is 2. The van der Waals surface area contributed by atoms with Gasteiger partial charge < -0.3 is 9.73 Å². The van der Waals surface area contributed by atoms with Gasteiger partial charge in [0, 0.05) is 12.5 Å². The van der Waals surface area contributed by atoms with E-state index in [0.717, 1.165) is 18.7 Å². The highest BCUT2D eigenvalue weighted by Gasteiger charge is 2.32. The van der Waals surface area contributed by atoms with Gasteiger partial charge in [0.2, 0.25) is 0 Å². The molecule has 1 aliphatic carbocycles. The summed E-state index contributed by atoms with van der Waals surface area (Å²) in [5.74, 6) is 2.25. The lowest BCUT2D eigenvalue weighted by atomic mass is 9.97.